The molecule has 0 radical (unpaired) electrons. The van der Waals surface area contributed by atoms with Crippen LogP contribution < -0.4 is 5.32 Å². The lowest BCUT2D eigenvalue weighted by Gasteiger charge is -2.27. The van der Waals surface area contributed by atoms with Crippen molar-refractivity contribution in [2.75, 3.05) is 38.6 Å². The Labute approximate surface area is 163 Å². The second-order valence-electron chi connectivity index (χ2n) is 7.38. The first-order valence-electron chi connectivity index (χ1n) is 10.0. The molecule has 1 N–H and O–H groups in total. The minimum atomic E-state index is 0.0772. The summed E-state index contributed by atoms with van der Waals surface area (Å²) in [5.41, 5.74) is 0. The minimum Gasteiger partial charge on any atom is -0.381 e. The summed E-state index contributed by atoms with van der Waals surface area (Å²) in [5.74, 6) is 1.61. The number of ether oxygens (including phenoxy) is 2. The van der Waals surface area contributed by atoms with Crippen molar-refractivity contribution in [2.45, 2.75) is 58.8 Å². The number of thioether (sulfide) groups is 1. The number of Topliss-reactive ketones (excluding diaryl/α,β-unsaturated/α-hetero) is 1. The first-order valence-corrected chi connectivity index (χ1v) is 11.4. The molecule has 1 saturated carbocycles. The molecule has 0 saturated heterocycles. The lowest BCUT2D eigenvalue weighted by atomic mass is 9.77. The zero-order valence-corrected chi connectivity index (χ0v) is 17.6. The summed E-state index contributed by atoms with van der Waals surface area (Å²) in [6, 6.07) is 0. The molecule has 152 valence electrons. The van der Waals surface area contributed by atoms with E-state index < -0.39 is 0 Å². The monoisotopic (exact) mass is 387 g/mol. The van der Waals surface area contributed by atoms with Gasteiger partial charge in [-0.15, -0.1) is 11.8 Å². The molecule has 0 aromatic carbocycles. The summed E-state index contributed by atoms with van der Waals surface area (Å²) in [6.45, 7) is 6.82. The van der Waals surface area contributed by atoms with E-state index in [0.717, 1.165) is 64.1 Å². The van der Waals surface area contributed by atoms with Gasteiger partial charge in [-0.2, -0.15) is 0 Å². The summed E-state index contributed by atoms with van der Waals surface area (Å²) in [6.07, 6.45) is 8.31. The Morgan fingerprint density at radius 2 is 1.54 bits per heavy atom. The van der Waals surface area contributed by atoms with Gasteiger partial charge in [0.15, 0.2) is 0 Å². The van der Waals surface area contributed by atoms with Crippen molar-refractivity contribution in [3.63, 3.8) is 0 Å². The van der Waals surface area contributed by atoms with Gasteiger partial charge in [0.1, 0.15) is 5.78 Å². The highest BCUT2D eigenvalue weighted by molar-refractivity contribution is 7.98. The molecule has 1 aliphatic rings. The molecule has 1 rings (SSSR count). The molecule has 1 fully saturated rings. The van der Waals surface area contributed by atoms with E-state index in [1.807, 2.05) is 20.1 Å². The van der Waals surface area contributed by atoms with Crippen molar-refractivity contribution in [3.8, 4) is 0 Å². The van der Waals surface area contributed by atoms with Gasteiger partial charge < -0.3 is 14.8 Å². The van der Waals surface area contributed by atoms with Gasteiger partial charge in [0.25, 0.3) is 0 Å². The van der Waals surface area contributed by atoms with Crippen LogP contribution in [0.3, 0.4) is 0 Å². The average Bonchev–Trinajstić information content (AvgIpc) is 2.65. The summed E-state index contributed by atoms with van der Waals surface area (Å²) >= 11 is 1.69. The van der Waals surface area contributed by atoms with Gasteiger partial charge in [-0.3, -0.25) is 9.59 Å². The smallest absolute Gasteiger partial charge is 0.223 e. The molecular formula is C20H37NO4S. The summed E-state index contributed by atoms with van der Waals surface area (Å²) in [5, 5.41) is 3.02. The van der Waals surface area contributed by atoms with Gasteiger partial charge in [-0.25, -0.2) is 0 Å². The van der Waals surface area contributed by atoms with E-state index in [0.29, 0.717) is 18.9 Å². The molecule has 0 unspecified atom stereocenters. The lowest BCUT2D eigenvalue weighted by Crippen LogP contribution is -2.35. The first kappa shape index (κ1) is 23.4. The molecule has 0 aliphatic heterocycles. The molecule has 0 aromatic rings. The molecule has 0 bridgehead atoms. The Morgan fingerprint density at radius 1 is 0.962 bits per heavy atom. The molecule has 26 heavy (non-hydrogen) atoms. The van der Waals surface area contributed by atoms with Crippen LogP contribution >= 0.6 is 11.8 Å². The van der Waals surface area contributed by atoms with Gasteiger partial charge in [-0.05, 0) is 51.2 Å². The average molecular weight is 388 g/mol. The topological polar surface area (TPSA) is 64.6 Å². The number of rotatable bonds is 14. The molecule has 1 amide bonds. The van der Waals surface area contributed by atoms with Gasteiger partial charge in [-0.1, -0.05) is 13.8 Å². The van der Waals surface area contributed by atoms with Crippen LogP contribution in [0.5, 0.6) is 0 Å². The first-order chi connectivity index (χ1) is 12.6. The van der Waals surface area contributed by atoms with Gasteiger partial charge in [0.05, 0.1) is 5.94 Å². The number of hydrogen-bond donors (Lipinski definition) is 1. The van der Waals surface area contributed by atoms with Crippen molar-refractivity contribution in [2.24, 2.45) is 17.8 Å². The number of carbonyl (C=O) groups is 2. The quantitative estimate of drug-likeness (QED) is 0.364. The van der Waals surface area contributed by atoms with E-state index in [9.17, 15) is 9.59 Å². The Bertz CT molecular complexity index is 395. The van der Waals surface area contributed by atoms with Crippen LogP contribution in [0, 0.1) is 17.8 Å². The number of carbonyl (C=O) groups excluding carboxylic acids is 2. The van der Waals surface area contributed by atoms with Crippen molar-refractivity contribution in [1.82, 2.24) is 5.32 Å². The highest BCUT2D eigenvalue weighted by Gasteiger charge is 2.30. The molecular weight excluding hydrogens is 350 g/mol. The van der Waals surface area contributed by atoms with Crippen LogP contribution in [0.25, 0.3) is 0 Å². The third-order valence-corrected chi connectivity index (χ3v) is 5.26. The molecule has 6 heteroatoms. The van der Waals surface area contributed by atoms with E-state index in [-0.39, 0.29) is 23.7 Å². The van der Waals surface area contributed by atoms with E-state index in [1.165, 1.54) is 0 Å². The maximum Gasteiger partial charge on any atom is 0.223 e. The zero-order chi connectivity index (χ0) is 19.2. The lowest BCUT2D eigenvalue weighted by molar-refractivity contribution is -0.130. The molecule has 0 atom stereocenters. The largest absolute Gasteiger partial charge is 0.381 e. The van der Waals surface area contributed by atoms with Crippen LogP contribution in [0.2, 0.25) is 0 Å². The van der Waals surface area contributed by atoms with Crippen LogP contribution in [0.4, 0.5) is 0 Å². The van der Waals surface area contributed by atoms with Gasteiger partial charge >= 0.3 is 0 Å². The summed E-state index contributed by atoms with van der Waals surface area (Å²) in [4.78, 5) is 24.3. The summed E-state index contributed by atoms with van der Waals surface area (Å²) < 4.78 is 11.0. The van der Waals surface area contributed by atoms with Crippen molar-refractivity contribution in [1.29, 1.82) is 0 Å². The third kappa shape index (κ3) is 9.93. The summed E-state index contributed by atoms with van der Waals surface area (Å²) in [7, 11) is 0. The van der Waals surface area contributed by atoms with Crippen LogP contribution in [0.1, 0.15) is 58.8 Å². The van der Waals surface area contributed by atoms with Crippen molar-refractivity contribution < 1.29 is 19.1 Å². The Hall–Kier alpha value is -0.590. The normalized spacial score (nSPS) is 20.3. The Morgan fingerprint density at radius 3 is 2.15 bits per heavy atom. The standard InChI is InChI=1S/C20H37NO4S/c1-16(2)19(22)17-7-9-18(10-8-17)20(23)21-11-6-14-24-12-4-5-13-25-15-26-3/h16-18H,4-15H2,1-3H3,(H,21,23)/t17-,18-. The predicted octanol–water partition coefficient (Wildman–Crippen LogP) is 3.66. The maximum atomic E-state index is 12.2. The van der Waals surface area contributed by atoms with Crippen LogP contribution in [0.15, 0.2) is 0 Å². The number of ketones is 1. The van der Waals surface area contributed by atoms with Crippen molar-refractivity contribution in [3.05, 3.63) is 0 Å². The molecule has 1 aliphatic carbocycles. The van der Waals surface area contributed by atoms with E-state index in [4.69, 9.17) is 9.47 Å². The zero-order valence-electron chi connectivity index (χ0n) is 16.8. The van der Waals surface area contributed by atoms with E-state index in [2.05, 4.69) is 5.32 Å². The van der Waals surface area contributed by atoms with Crippen LogP contribution in [-0.4, -0.2) is 50.3 Å². The predicted molar refractivity (Wildman–Crippen MR) is 107 cm³/mol. The van der Waals surface area contributed by atoms with Crippen LogP contribution in [-0.2, 0) is 19.1 Å². The molecule has 5 nitrogen and oxygen atoms in total. The fourth-order valence-corrected chi connectivity index (χ4v) is 3.58. The molecule has 0 spiro atoms. The number of amides is 1. The SMILES string of the molecule is CSCOCCCCOCCCNC(=O)[C@H]1CC[C@H](C(=O)C(C)C)CC1. The fraction of sp³-hybridized carbons (Fsp3) is 0.900. The Balaban J connectivity index is 1.97. The van der Waals surface area contributed by atoms with E-state index >= 15 is 0 Å². The third-order valence-electron chi connectivity index (χ3n) is 4.86. The number of hydrogen-bond acceptors (Lipinski definition) is 5. The second-order valence-corrected chi connectivity index (χ2v) is 8.20. The number of nitrogens with one attached hydrogen (secondary N) is 1. The van der Waals surface area contributed by atoms with Gasteiger partial charge in [0.2, 0.25) is 5.91 Å². The van der Waals surface area contributed by atoms with Crippen molar-refractivity contribution >= 4 is 23.5 Å². The highest BCUT2D eigenvalue weighted by Crippen LogP contribution is 2.31. The molecule has 0 heterocycles. The maximum absolute atomic E-state index is 12.2. The number of unbranched alkanes of at least 4 members (excludes halogenated alkanes) is 1. The molecule has 0 aromatic heterocycles. The Kier molecular flexibility index (Phi) is 13.0. The highest BCUT2D eigenvalue weighted by atomic mass is 32.2. The van der Waals surface area contributed by atoms with E-state index in [1.54, 1.807) is 11.8 Å². The van der Waals surface area contributed by atoms with Gasteiger partial charge in [0, 0.05) is 44.1 Å². The fourth-order valence-electron chi connectivity index (χ4n) is 3.29. The minimum absolute atomic E-state index is 0.0772. The second kappa shape index (κ2) is 14.5.